The molecule has 1 aliphatic rings. The predicted octanol–water partition coefficient (Wildman–Crippen LogP) is 3.22. The van der Waals surface area contributed by atoms with Crippen LogP contribution in [-0.4, -0.2) is 70.6 Å². The molecule has 1 saturated heterocycles. The van der Waals surface area contributed by atoms with Crippen LogP contribution in [0.3, 0.4) is 0 Å². The van der Waals surface area contributed by atoms with Crippen LogP contribution >= 0.6 is 11.3 Å². The second-order valence-electron chi connectivity index (χ2n) is 9.04. The van der Waals surface area contributed by atoms with Crippen molar-refractivity contribution >= 4 is 44.5 Å². The van der Waals surface area contributed by atoms with E-state index in [-0.39, 0.29) is 17.6 Å². The molecule has 11 nitrogen and oxygen atoms in total. The van der Waals surface area contributed by atoms with Crippen LogP contribution in [0.15, 0.2) is 18.3 Å². The molecule has 184 valence electrons. The molecular formula is C23H27N7O4S. The fourth-order valence-corrected chi connectivity index (χ4v) is 4.84. The van der Waals surface area contributed by atoms with Crippen molar-refractivity contribution < 1.29 is 19.1 Å². The number of carbonyl (C=O) groups excluding carboxylic acids is 2. The normalized spacial score (nSPS) is 14.1. The van der Waals surface area contributed by atoms with E-state index < -0.39 is 5.60 Å². The highest BCUT2D eigenvalue weighted by atomic mass is 32.1. The lowest BCUT2D eigenvalue weighted by atomic mass is 10.2. The average Bonchev–Trinajstić information content (AvgIpc) is 3.41. The first-order valence-electron chi connectivity index (χ1n) is 11.0. The molecule has 3 heterocycles. The van der Waals surface area contributed by atoms with Crippen LogP contribution < -0.4 is 15.0 Å². The van der Waals surface area contributed by atoms with Crippen LogP contribution in [0.2, 0.25) is 0 Å². The van der Waals surface area contributed by atoms with Crippen molar-refractivity contribution in [1.29, 1.82) is 5.26 Å². The second-order valence-corrected chi connectivity index (χ2v) is 10.0. The van der Waals surface area contributed by atoms with Crippen LogP contribution in [0.1, 0.15) is 36.7 Å². The number of nitriles is 1. The largest absolute Gasteiger partial charge is 0.494 e. The number of methoxy groups -OCH3 is 1. The van der Waals surface area contributed by atoms with Gasteiger partial charge in [-0.05, 0) is 32.9 Å². The smallest absolute Gasteiger partial charge is 0.410 e. The molecule has 0 atom stereocenters. The maximum Gasteiger partial charge on any atom is 0.410 e. The highest BCUT2D eigenvalue weighted by Gasteiger charge is 2.28. The van der Waals surface area contributed by atoms with E-state index in [0.29, 0.717) is 53.5 Å². The minimum absolute atomic E-state index is 0.276. The number of anilines is 2. The van der Waals surface area contributed by atoms with Gasteiger partial charge >= 0.3 is 6.09 Å². The number of nitrogens with one attached hydrogen (secondary N) is 1. The SMILES string of the molecule is COc1ccc(C(=O)Nc2c(C#N)cnn2C)c2sc(N3CCN(C(=O)OC(C)(C)C)CC3)nc12. The van der Waals surface area contributed by atoms with Gasteiger partial charge in [0.1, 0.15) is 34.3 Å². The fraction of sp³-hybridized carbons (Fsp3) is 0.435. The maximum absolute atomic E-state index is 13.2. The third-order valence-corrected chi connectivity index (χ3v) is 6.60. The number of aryl methyl sites for hydroxylation is 1. The first-order valence-corrected chi connectivity index (χ1v) is 11.9. The van der Waals surface area contributed by atoms with E-state index in [1.165, 1.54) is 22.2 Å². The zero-order valence-corrected chi connectivity index (χ0v) is 21.1. The van der Waals surface area contributed by atoms with Gasteiger partial charge in [0.2, 0.25) is 0 Å². The molecule has 3 aromatic rings. The van der Waals surface area contributed by atoms with Gasteiger partial charge in [-0.15, -0.1) is 0 Å². The van der Waals surface area contributed by atoms with E-state index in [1.807, 2.05) is 26.8 Å². The summed E-state index contributed by atoms with van der Waals surface area (Å²) in [4.78, 5) is 34.1. The van der Waals surface area contributed by atoms with Crippen molar-refractivity contribution in [3.8, 4) is 11.8 Å². The minimum atomic E-state index is -0.543. The Kier molecular flexibility index (Phi) is 6.53. The zero-order chi connectivity index (χ0) is 25.3. The highest BCUT2D eigenvalue weighted by molar-refractivity contribution is 7.22. The second kappa shape index (κ2) is 9.42. The van der Waals surface area contributed by atoms with Crippen molar-refractivity contribution in [2.45, 2.75) is 26.4 Å². The number of amides is 2. The van der Waals surface area contributed by atoms with E-state index >= 15 is 0 Å². The van der Waals surface area contributed by atoms with E-state index in [0.717, 1.165) is 5.13 Å². The summed E-state index contributed by atoms with van der Waals surface area (Å²) in [6.07, 6.45) is 1.08. The Bertz CT molecular complexity index is 1310. The standard InChI is InChI=1S/C23H27N7O4S/c1-23(2,3)34-22(32)30-10-8-29(9-11-30)21-26-17-16(33-5)7-6-15(18(17)35-21)20(31)27-19-14(12-24)13-25-28(19)4/h6-7,13H,8-11H2,1-5H3,(H,27,31). The molecule has 0 unspecified atom stereocenters. The number of nitrogens with zero attached hydrogens (tertiary/aromatic N) is 6. The van der Waals surface area contributed by atoms with Gasteiger partial charge in [-0.25, -0.2) is 9.78 Å². The number of rotatable bonds is 4. The molecule has 35 heavy (non-hydrogen) atoms. The highest BCUT2D eigenvalue weighted by Crippen LogP contribution is 2.37. The van der Waals surface area contributed by atoms with Crippen molar-refractivity contribution in [3.05, 3.63) is 29.5 Å². The van der Waals surface area contributed by atoms with Gasteiger partial charge < -0.3 is 24.6 Å². The molecule has 1 aromatic carbocycles. The van der Waals surface area contributed by atoms with Crippen molar-refractivity contribution in [2.24, 2.45) is 7.05 Å². The number of ether oxygens (including phenoxy) is 2. The molecule has 12 heteroatoms. The predicted molar refractivity (Wildman–Crippen MR) is 132 cm³/mol. The Morgan fingerprint density at radius 3 is 2.54 bits per heavy atom. The Hall–Kier alpha value is -3.85. The number of carbonyl (C=O) groups is 2. The Balaban J connectivity index is 1.57. The van der Waals surface area contributed by atoms with Gasteiger partial charge in [-0.1, -0.05) is 11.3 Å². The van der Waals surface area contributed by atoms with Gasteiger partial charge in [-0.2, -0.15) is 10.4 Å². The van der Waals surface area contributed by atoms with Gasteiger partial charge in [0.05, 0.1) is 23.6 Å². The summed E-state index contributed by atoms with van der Waals surface area (Å²) in [5, 5.41) is 16.9. The van der Waals surface area contributed by atoms with E-state index in [4.69, 9.17) is 14.5 Å². The maximum atomic E-state index is 13.2. The molecular weight excluding hydrogens is 470 g/mol. The number of benzene rings is 1. The summed E-state index contributed by atoms with van der Waals surface area (Å²) in [7, 11) is 3.21. The summed E-state index contributed by atoms with van der Waals surface area (Å²) in [6.45, 7) is 7.73. The number of thiazole rings is 1. The molecule has 1 aliphatic heterocycles. The van der Waals surface area contributed by atoms with E-state index in [1.54, 1.807) is 31.2 Å². The summed E-state index contributed by atoms with van der Waals surface area (Å²) in [6, 6.07) is 5.41. The van der Waals surface area contributed by atoms with Crippen LogP contribution in [0.25, 0.3) is 10.2 Å². The number of piperazine rings is 1. The van der Waals surface area contributed by atoms with Crippen LogP contribution in [0, 0.1) is 11.3 Å². The van der Waals surface area contributed by atoms with Gasteiger partial charge in [0, 0.05) is 33.2 Å². The summed E-state index contributed by atoms with van der Waals surface area (Å²) in [5.74, 6) is 0.511. The monoisotopic (exact) mass is 497 g/mol. The average molecular weight is 498 g/mol. The molecule has 0 aliphatic carbocycles. The molecule has 1 fully saturated rings. The van der Waals surface area contributed by atoms with Gasteiger partial charge in [-0.3, -0.25) is 9.48 Å². The lowest BCUT2D eigenvalue weighted by Crippen LogP contribution is -2.50. The summed E-state index contributed by atoms with van der Waals surface area (Å²) >= 11 is 1.39. The first-order chi connectivity index (χ1) is 16.6. The topological polar surface area (TPSA) is 126 Å². The number of aromatic nitrogens is 3. The number of hydrogen-bond acceptors (Lipinski definition) is 9. The molecule has 0 radical (unpaired) electrons. The number of fused-ring (bicyclic) bond motifs is 1. The summed E-state index contributed by atoms with van der Waals surface area (Å²) < 4.78 is 13.1. The molecule has 0 saturated carbocycles. The first kappa shape index (κ1) is 24.3. The van der Waals surface area contributed by atoms with Crippen molar-refractivity contribution in [3.63, 3.8) is 0 Å². The Morgan fingerprint density at radius 2 is 1.91 bits per heavy atom. The van der Waals surface area contributed by atoms with Crippen LogP contribution in [0.5, 0.6) is 5.75 Å². The quantitative estimate of drug-likeness (QED) is 0.582. The van der Waals surface area contributed by atoms with Crippen molar-refractivity contribution in [1.82, 2.24) is 19.7 Å². The molecule has 2 amide bonds. The number of hydrogen-bond donors (Lipinski definition) is 1. The van der Waals surface area contributed by atoms with E-state index in [2.05, 4.69) is 15.3 Å². The van der Waals surface area contributed by atoms with Gasteiger partial charge in [0.15, 0.2) is 5.13 Å². The van der Waals surface area contributed by atoms with Crippen LogP contribution in [-0.2, 0) is 11.8 Å². The molecule has 2 aromatic heterocycles. The zero-order valence-electron chi connectivity index (χ0n) is 20.3. The lowest BCUT2D eigenvalue weighted by molar-refractivity contribution is 0.0240. The third kappa shape index (κ3) is 5.00. The molecule has 0 spiro atoms. The Morgan fingerprint density at radius 1 is 1.20 bits per heavy atom. The molecule has 1 N–H and O–H groups in total. The fourth-order valence-electron chi connectivity index (χ4n) is 3.70. The van der Waals surface area contributed by atoms with Crippen LogP contribution in [0.4, 0.5) is 15.7 Å². The molecule has 4 rings (SSSR count). The van der Waals surface area contributed by atoms with E-state index in [9.17, 15) is 14.9 Å². The Labute approximate surface area is 206 Å². The lowest BCUT2D eigenvalue weighted by Gasteiger charge is -2.35. The summed E-state index contributed by atoms with van der Waals surface area (Å²) in [5.41, 5.74) is 0.735. The molecule has 0 bridgehead atoms. The minimum Gasteiger partial charge on any atom is -0.494 e. The third-order valence-electron chi connectivity index (χ3n) is 5.45. The van der Waals surface area contributed by atoms with Gasteiger partial charge in [0.25, 0.3) is 5.91 Å². The van der Waals surface area contributed by atoms with Crippen molar-refractivity contribution in [2.75, 3.05) is 43.5 Å².